The SMILES string of the molecule is NC(CCO)c1ccc2c(c1)CC(=O)N2. The fraction of sp³-hybridized carbons (Fsp3) is 0.364. The number of aliphatic hydroxyl groups is 1. The molecule has 1 atom stereocenters. The Balaban J connectivity index is 2.23. The molecule has 0 saturated heterocycles. The predicted octanol–water partition coefficient (Wildman–Crippen LogP) is 0.563. The van der Waals surface area contributed by atoms with Crippen LogP contribution in [0.15, 0.2) is 18.2 Å². The van der Waals surface area contributed by atoms with Crippen molar-refractivity contribution in [3.63, 3.8) is 0 Å². The number of nitrogens with two attached hydrogens (primary N) is 1. The van der Waals surface area contributed by atoms with E-state index in [4.69, 9.17) is 10.8 Å². The summed E-state index contributed by atoms with van der Waals surface area (Å²) in [4.78, 5) is 11.1. The molecule has 1 unspecified atom stereocenters. The van der Waals surface area contributed by atoms with Crippen LogP contribution in [0.1, 0.15) is 23.6 Å². The van der Waals surface area contributed by atoms with E-state index in [2.05, 4.69) is 5.32 Å². The normalized spacial score (nSPS) is 16.0. The lowest BCUT2D eigenvalue weighted by Crippen LogP contribution is -2.11. The maximum absolute atomic E-state index is 11.1. The molecular formula is C11H14N2O2. The molecule has 4 heteroatoms. The highest BCUT2D eigenvalue weighted by Gasteiger charge is 2.18. The van der Waals surface area contributed by atoms with Crippen molar-refractivity contribution >= 4 is 11.6 Å². The van der Waals surface area contributed by atoms with Gasteiger partial charge in [0, 0.05) is 18.3 Å². The Morgan fingerprint density at radius 2 is 2.33 bits per heavy atom. The van der Waals surface area contributed by atoms with E-state index >= 15 is 0 Å². The summed E-state index contributed by atoms with van der Waals surface area (Å²) < 4.78 is 0. The average molecular weight is 206 g/mol. The van der Waals surface area contributed by atoms with Crippen LogP contribution in [0.4, 0.5) is 5.69 Å². The first kappa shape index (κ1) is 10.1. The first-order chi connectivity index (χ1) is 7.20. The van der Waals surface area contributed by atoms with Gasteiger partial charge >= 0.3 is 0 Å². The molecule has 0 radical (unpaired) electrons. The van der Waals surface area contributed by atoms with Crippen LogP contribution in [0, 0.1) is 0 Å². The number of carbonyl (C=O) groups excluding carboxylic acids is 1. The molecule has 1 aliphatic rings. The summed E-state index contributed by atoms with van der Waals surface area (Å²) >= 11 is 0. The molecule has 1 aromatic rings. The van der Waals surface area contributed by atoms with Crippen molar-refractivity contribution in [2.24, 2.45) is 5.73 Å². The van der Waals surface area contributed by atoms with E-state index in [1.165, 1.54) is 0 Å². The lowest BCUT2D eigenvalue weighted by molar-refractivity contribution is -0.115. The van der Waals surface area contributed by atoms with Crippen LogP contribution in [-0.2, 0) is 11.2 Å². The zero-order chi connectivity index (χ0) is 10.8. The molecule has 1 amide bonds. The maximum atomic E-state index is 11.1. The van der Waals surface area contributed by atoms with Gasteiger partial charge < -0.3 is 16.2 Å². The summed E-state index contributed by atoms with van der Waals surface area (Å²) in [5, 5.41) is 11.6. The zero-order valence-corrected chi connectivity index (χ0v) is 8.36. The number of amides is 1. The quantitative estimate of drug-likeness (QED) is 0.676. The Labute approximate surface area is 88.1 Å². The Bertz CT molecular complexity index is 390. The van der Waals surface area contributed by atoms with Crippen LogP contribution in [0.3, 0.4) is 0 Å². The van der Waals surface area contributed by atoms with E-state index in [1.54, 1.807) is 0 Å². The molecule has 0 spiro atoms. The maximum Gasteiger partial charge on any atom is 0.228 e. The smallest absolute Gasteiger partial charge is 0.228 e. The van der Waals surface area contributed by atoms with E-state index in [-0.39, 0.29) is 18.6 Å². The molecular weight excluding hydrogens is 192 g/mol. The van der Waals surface area contributed by atoms with Crippen molar-refractivity contribution in [1.82, 2.24) is 0 Å². The Hall–Kier alpha value is -1.39. The Morgan fingerprint density at radius 3 is 3.07 bits per heavy atom. The van der Waals surface area contributed by atoms with Crippen LogP contribution in [0.25, 0.3) is 0 Å². The summed E-state index contributed by atoms with van der Waals surface area (Å²) in [6.45, 7) is 0.0788. The molecule has 4 nitrogen and oxygen atoms in total. The molecule has 0 aliphatic carbocycles. The van der Waals surface area contributed by atoms with Gasteiger partial charge in [-0.3, -0.25) is 4.79 Å². The minimum Gasteiger partial charge on any atom is -0.396 e. The molecule has 4 N–H and O–H groups in total. The highest BCUT2D eigenvalue weighted by atomic mass is 16.3. The van der Waals surface area contributed by atoms with E-state index in [9.17, 15) is 4.79 Å². The number of benzene rings is 1. The predicted molar refractivity (Wildman–Crippen MR) is 57.4 cm³/mol. The van der Waals surface area contributed by atoms with E-state index in [0.29, 0.717) is 12.8 Å². The van der Waals surface area contributed by atoms with Crippen molar-refractivity contribution in [3.8, 4) is 0 Å². The van der Waals surface area contributed by atoms with Gasteiger partial charge in [-0.25, -0.2) is 0 Å². The second kappa shape index (κ2) is 4.00. The van der Waals surface area contributed by atoms with Gasteiger partial charge in [0.1, 0.15) is 0 Å². The second-order valence-corrected chi connectivity index (χ2v) is 3.76. The molecule has 0 aromatic heterocycles. The van der Waals surface area contributed by atoms with Gasteiger partial charge in [0.05, 0.1) is 6.42 Å². The molecule has 15 heavy (non-hydrogen) atoms. The summed E-state index contributed by atoms with van der Waals surface area (Å²) in [5.74, 6) is 0.0258. The van der Waals surface area contributed by atoms with Crippen molar-refractivity contribution in [3.05, 3.63) is 29.3 Å². The third kappa shape index (κ3) is 2.00. The van der Waals surface area contributed by atoms with Gasteiger partial charge in [0.2, 0.25) is 5.91 Å². The number of carbonyl (C=O) groups is 1. The van der Waals surface area contributed by atoms with Crippen molar-refractivity contribution in [1.29, 1.82) is 0 Å². The molecule has 2 rings (SSSR count). The fourth-order valence-electron chi connectivity index (χ4n) is 1.79. The van der Waals surface area contributed by atoms with Gasteiger partial charge in [-0.1, -0.05) is 12.1 Å². The van der Waals surface area contributed by atoms with Gasteiger partial charge in [0.15, 0.2) is 0 Å². The Kier molecular flexibility index (Phi) is 2.70. The molecule has 1 heterocycles. The fourth-order valence-corrected chi connectivity index (χ4v) is 1.79. The number of nitrogens with one attached hydrogen (secondary N) is 1. The number of hydrogen-bond acceptors (Lipinski definition) is 3. The summed E-state index contributed by atoms with van der Waals surface area (Å²) in [6, 6.07) is 5.54. The summed E-state index contributed by atoms with van der Waals surface area (Å²) in [7, 11) is 0. The highest BCUT2D eigenvalue weighted by molar-refractivity contribution is 5.99. The topological polar surface area (TPSA) is 75.3 Å². The van der Waals surface area contributed by atoms with Crippen LogP contribution in [-0.4, -0.2) is 17.6 Å². The number of anilines is 1. The number of rotatable bonds is 3. The number of aliphatic hydroxyl groups excluding tert-OH is 1. The zero-order valence-electron chi connectivity index (χ0n) is 8.36. The van der Waals surface area contributed by atoms with E-state index < -0.39 is 0 Å². The second-order valence-electron chi connectivity index (χ2n) is 3.76. The van der Waals surface area contributed by atoms with E-state index in [0.717, 1.165) is 16.8 Å². The van der Waals surface area contributed by atoms with Crippen molar-refractivity contribution in [2.45, 2.75) is 18.9 Å². The summed E-state index contributed by atoms with van der Waals surface area (Å²) in [6.07, 6.45) is 0.967. The Morgan fingerprint density at radius 1 is 1.53 bits per heavy atom. The summed E-state index contributed by atoms with van der Waals surface area (Å²) in [5.41, 5.74) is 8.71. The minimum atomic E-state index is -0.156. The average Bonchev–Trinajstić information content (AvgIpc) is 2.57. The third-order valence-corrected chi connectivity index (χ3v) is 2.62. The first-order valence-corrected chi connectivity index (χ1v) is 5.00. The van der Waals surface area contributed by atoms with Crippen molar-refractivity contribution < 1.29 is 9.90 Å². The molecule has 0 bridgehead atoms. The van der Waals surface area contributed by atoms with Crippen LogP contribution in [0.5, 0.6) is 0 Å². The van der Waals surface area contributed by atoms with Gasteiger partial charge in [-0.2, -0.15) is 0 Å². The molecule has 0 fully saturated rings. The number of fused-ring (bicyclic) bond motifs is 1. The standard InChI is InChI=1S/C11H14N2O2/c12-9(3-4-14)7-1-2-10-8(5-7)6-11(15)13-10/h1-2,5,9,14H,3-4,6,12H2,(H,13,15). The van der Waals surface area contributed by atoms with Gasteiger partial charge in [-0.05, 0) is 23.6 Å². The lowest BCUT2D eigenvalue weighted by atomic mass is 10.0. The molecule has 80 valence electrons. The van der Waals surface area contributed by atoms with Crippen LogP contribution < -0.4 is 11.1 Å². The van der Waals surface area contributed by atoms with E-state index in [1.807, 2.05) is 18.2 Å². The monoisotopic (exact) mass is 206 g/mol. The molecule has 1 aromatic carbocycles. The minimum absolute atomic E-state index is 0.0258. The first-order valence-electron chi connectivity index (χ1n) is 5.00. The molecule has 1 aliphatic heterocycles. The van der Waals surface area contributed by atoms with Crippen LogP contribution in [0.2, 0.25) is 0 Å². The largest absolute Gasteiger partial charge is 0.396 e. The third-order valence-electron chi connectivity index (χ3n) is 2.62. The van der Waals surface area contributed by atoms with Crippen molar-refractivity contribution in [2.75, 3.05) is 11.9 Å². The lowest BCUT2D eigenvalue weighted by Gasteiger charge is -2.11. The van der Waals surface area contributed by atoms with Gasteiger partial charge in [0.25, 0.3) is 0 Å². The number of hydrogen-bond donors (Lipinski definition) is 3. The van der Waals surface area contributed by atoms with Crippen LogP contribution >= 0.6 is 0 Å². The molecule has 0 saturated carbocycles. The highest BCUT2D eigenvalue weighted by Crippen LogP contribution is 2.26. The van der Waals surface area contributed by atoms with Gasteiger partial charge in [-0.15, -0.1) is 0 Å².